The molecule has 0 radical (unpaired) electrons. The molecule has 1 aliphatic rings. The summed E-state index contributed by atoms with van der Waals surface area (Å²) in [6, 6.07) is 6.76. The molecule has 2 aromatic heterocycles. The minimum Gasteiger partial charge on any atom is -0.369 e. The van der Waals surface area contributed by atoms with Crippen molar-refractivity contribution in [1.29, 1.82) is 0 Å². The van der Waals surface area contributed by atoms with Gasteiger partial charge >= 0.3 is 6.18 Å². The largest absolute Gasteiger partial charge is 0.419 e. The highest BCUT2D eigenvalue weighted by Gasteiger charge is 2.37. The van der Waals surface area contributed by atoms with Gasteiger partial charge in [-0.1, -0.05) is 11.3 Å². The van der Waals surface area contributed by atoms with Crippen molar-refractivity contribution in [2.24, 2.45) is 7.05 Å². The number of nitrogens with one attached hydrogen (secondary N) is 1. The van der Waals surface area contributed by atoms with E-state index in [1.165, 1.54) is 10.7 Å². The molecule has 0 saturated carbocycles. The predicted octanol–water partition coefficient (Wildman–Crippen LogP) is 5.69. The van der Waals surface area contributed by atoms with E-state index in [4.69, 9.17) is 0 Å². The molecule has 2 aromatic carbocycles. The molecular formula is C27H27F4N7O. The molecule has 12 heteroatoms. The van der Waals surface area contributed by atoms with Gasteiger partial charge in [-0.25, -0.2) is 9.07 Å². The second-order valence-electron chi connectivity index (χ2n) is 9.67. The summed E-state index contributed by atoms with van der Waals surface area (Å²) in [6.07, 6.45) is 0.946. The van der Waals surface area contributed by atoms with Crippen LogP contribution in [0.1, 0.15) is 46.4 Å². The number of benzene rings is 2. The molecule has 39 heavy (non-hydrogen) atoms. The summed E-state index contributed by atoms with van der Waals surface area (Å²) in [7, 11) is 1.82. The van der Waals surface area contributed by atoms with Crippen LogP contribution >= 0.6 is 0 Å². The second kappa shape index (κ2) is 10.2. The third-order valence-electron chi connectivity index (χ3n) is 7.04. The van der Waals surface area contributed by atoms with Crippen molar-refractivity contribution in [2.75, 3.05) is 23.3 Å². The van der Waals surface area contributed by atoms with Gasteiger partial charge in [-0.05, 0) is 62.9 Å². The lowest BCUT2D eigenvalue weighted by molar-refractivity contribution is -0.139. The van der Waals surface area contributed by atoms with Crippen LogP contribution in [0.15, 0.2) is 42.7 Å². The van der Waals surface area contributed by atoms with Gasteiger partial charge in [0.15, 0.2) is 5.82 Å². The number of halogens is 4. The van der Waals surface area contributed by atoms with E-state index in [0.29, 0.717) is 30.5 Å². The average molecular weight is 542 g/mol. The van der Waals surface area contributed by atoms with E-state index in [1.807, 2.05) is 20.9 Å². The summed E-state index contributed by atoms with van der Waals surface area (Å²) < 4.78 is 59.2. The standard InChI is InChI=1S/C27H27F4N7O/c1-16-7-8-18(11-23(16)38-15-22(34-35-38)20-14-32-36(3)17(20)2)26(39)33-19-12-21(27(29,30)31)25(28)24(13-19)37-9-5-4-6-10-37/h7-8,11-15H,4-6,9-10H2,1-3H3,(H,33,39). The first kappa shape index (κ1) is 26.4. The van der Waals surface area contributed by atoms with Crippen molar-refractivity contribution in [3.8, 4) is 16.9 Å². The van der Waals surface area contributed by atoms with Crippen molar-refractivity contribution in [1.82, 2.24) is 24.8 Å². The lowest BCUT2D eigenvalue weighted by Crippen LogP contribution is -2.31. The number of hydrogen-bond acceptors (Lipinski definition) is 5. The topological polar surface area (TPSA) is 80.9 Å². The Hall–Kier alpha value is -4.22. The molecule has 1 fully saturated rings. The van der Waals surface area contributed by atoms with Crippen LogP contribution in [0, 0.1) is 19.7 Å². The maximum atomic E-state index is 14.9. The molecule has 1 aliphatic heterocycles. The number of carbonyl (C=O) groups excluding carboxylic acids is 1. The first-order valence-electron chi connectivity index (χ1n) is 12.5. The van der Waals surface area contributed by atoms with Crippen LogP contribution in [-0.4, -0.2) is 43.8 Å². The lowest BCUT2D eigenvalue weighted by atomic mass is 10.1. The maximum Gasteiger partial charge on any atom is 0.419 e. The SMILES string of the molecule is Cc1ccc(C(=O)Nc2cc(N3CCCCC3)c(F)c(C(F)(F)F)c2)cc1-n1cc(-c2cnn(C)c2C)nn1. The van der Waals surface area contributed by atoms with E-state index >= 15 is 0 Å². The number of piperidine rings is 1. The predicted molar refractivity (Wildman–Crippen MR) is 138 cm³/mol. The van der Waals surface area contributed by atoms with Crippen LogP contribution in [0.3, 0.4) is 0 Å². The van der Waals surface area contributed by atoms with Crippen LogP contribution in [0.25, 0.3) is 16.9 Å². The summed E-state index contributed by atoms with van der Waals surface area (Å²) in [5.74, 6) is -1.96. The number of nitrogens with zero attached hydrogens (tertiary/aromatic N) is 6. The van der Waals surface area contributed by atoms with Gasteiger partial charge < -0.3 is 10.2 Å². The van der Waals surface area contributed by atoms with Crippen LogP contribution in [0.2, 0.25) is 0 Å². The van der Waals surface area contributed by atoms with Gasteiger partial charge in [-0.2, -0.15) is 18.3 Å². The van der Waals surface area contributed by atoms with E-state index in [9.17, 15) is 22.4 Å². The highest BCUT2D eigenvalue weighted by atomic mass is 19.4. The van der Waals surface area contributed by atoms with E-state index in [2.05, 4.69) is 20.7 Å². The van der Waals surface area contributed by atoms with Crippen LogP contribution in [0.5, 0.6) is 0 Å². The fourth-order valence-electron chi connectivity index (χ4n) is 4.71. The molecular weight excluding hydrogens is 514 g/mol. The second-order valence-corrected chi connectivity index (χ2v) is 9.67. The molecule has 0 unspecified atom stereocenters. The third kappa shape index (κ3) is 5.23. The number of carbonyl (C=O) groups is 1. The Balaban J connectivity index is 1.45. The smallest absolute Gasteiger partial charge is 0.369 e. The van der Waals surface area contributed by atoms with Crippen LogP contribution in [-0.2, 0) is 13.2 Å². The Morgan fingerprint density at radius 1 is 1.03 bits per heavy atom. The summed E-state index contributed by atoms with van der Waals surface area (Å²) in [5, 5.41) is 15.2. The van der Waals surface area contributed by atoms with Crippen molar-refractivity contribution in [3.05, 3.63) is 70.9 Å². The van der Waals surface area contributed by atoms with E-state index in [-0.39, 0.29) is 16.9 Å². The highest BCUT2D eigenvalue weighted by molar-refractivity contribution is 6.05. The summed E-state index contributed by atoms with van der Waals surface area (Å²) >= 11 is 0. The Bertz CT molecular complexity index is 1530. The molecule has 0 aliphatic carbocycles. The minimum atomic E-state index is -4.91. The molecule has 8 nitrogen and oxygen atoms in total. The molecule has 1 N–H and O–H groups in total. The third-order valence-corrected chi connectivity index (χ3v) is 7.04. The zero-order chi connectivity index (χ0) is 27.9. The van der Waals surface area contributed by atoms with Crippen molar-refractivity contribution >= 4 is 17.3 Å². The molecule has 4 aromatic rings. The van der Waals surface area contributed by atoms with Crippen molar-refractivity contribution < 1.29 is 22.4 Å². The first-order chi connectivity index (χ1) is 18.5. The zero-order valence-corrected chi connectivity index (χ0v) is 21.7. The van der Waals surface area contributed by atoms with Crippen LogP contribution < -0.4 is 10.2 Å². The molecule has 0 bridgehead atoms. The Morgan fingerprint density at radius 3 is 2.44 bits per heavy atom. The zero-order valence-electron chi connectivity index (χ0n) is 21.7. The van der Waals surface area contributed by atoms with Gasteiger partial charge in [0, 0.05) is 42.6 Å². The highest BCUT2D eigenvalue weighted by Crippen LogP contribution is 2.38. The minimum absolute atomic E-state index is 0.133. The average Bonchev–Trinajstić information content (AvgIpc) is 3.51. The Morgan fingerprint density at radius 2 is 1.77 bits per heavy atom. The molecule has 0 atom stereocenters. The van der Waals surface area contributed by atoms with Gasteiger partial charge in [0.05, 0.1) is 29.3 Å². The molecule has 1 saturated heterocycles. The number of amides is 1. The molecule has 3 heterocycles. The fraction of sp³-hybridized carbons (Fsp3) is 0.333. The van der Waals surface area contributed by atoms with Gasteiger partial charge in [-0.3, -0.25) is 9.48 Å². The number of anilines is 2. The van der Waals surface area contributed by atoms with E-state index in [0.717, 1.165) is 36.1 Å². The normalized spacial score (nSPS) is 14.1. The fourth-order valence-corrected chi connectivity index (χ4v) is 4.71. The summed E-state index contributed by atoms with van der Waals surface area (Å²) in [5.41, 5.74) is 2.20. The number of alkyl halides is 3. The summed E-state index contributed by atoms with van der Waals surface area (Å²) in [6.45, 7) is 4.65. The van der Waals surface area contributed by atoms with Gasteiger partial charge in [-0.15, -0.1) is 5.10 Å². The van der Waals surface area contributed by atoms with E-state index < -0.39 is 23.5 Å². The number of hydrogen-bond donors (Lipinski definition) is 1. The molecule has 1 amide bonds. The summed E-state index contributed by atoms with van der Waals surface area (Å²) in [4.78, 5) is 14.8. The quantitative estimate of drug-likeness (QED) is 0.329. The van der Waals surface area contributed by atoms with Crippen molar-refractivity contribution in [3.63, 3.8) is 0 Å². The maximum absolute atomic E-state index is 14.9. The number of aryl methyl sites for hydroxylation is 2. The monoisotopic (exact) mass is 541 g/mol. The Kier molecular flexibility index (Phi) is 6.87. The number of aromatic nitrogens is 5. The van der Waals surface area contributed by atoms with E-state index in [1.54, 1.807) is 40.2 Å². The molecule has 0 spiro atoms. The van der Waals surface area contributed by atoms with Gasteiger partial charge in [0.2, 0.25) is 0 Å². The molecule has 5 rings (SSSR count). The molecule has 204 valence electrons. The van der Waals surface area contributed by atoms with Crippen molar-refractivity contribution in [2.45, 2.75) is 39.3 Å². The Labute approximate surface area is 222 Å². The lowest BCUT2D eigenvalue weighted by Gasteiger charge is -2.30. The van der Waals surface area contributed by atoms with Gasteiger partial charge in [0.1, 0.15) is 5.69 Å². The van der Waals surface area contributed by atoms with Crippen LogP contribution in [0.4, 0.5) is 28.9 Å². The van der Waals surface area contributed by atoms with Gasteiger partial charge in [0.25, 0.3) is 5.91 Å². The number of rotatable bonds is 5. The first-order valence-corrected chi connectivity index (χ1v) is 12.5.